The highest BCUT2D eigenvalue weighted by atomic mass is 79.9. The van der Waals surface area contributed by atoms with Crippen molar-refractivity contribution in [3.8, 4) is 5.75 Å². The van der Waals surface area contributed by atoms with E-state index in [0.717, 1.165) is 15.8 Å². The average molecular weight is 317 g/mol. The van der Waals surface area contributed by atoms with Crippen molar-refractivity contribution < 1.29 is 14.6 Å². The summed E-state index contributed by atoms with van der Waals surface area (Å²) < 4.78 is 11.5. The Morgan fingerprint density at radius 2 is 2.00 bits per heavy atom. The SMILES string of the molecule is COc1ccc(Br)c(CC(O)CC(C)(C)OC)c1. The molecule has 0 bridgehead atoms. The number of hydrogen-bond donors (Lipinski definition) is 1. The van der Waals surface area contributed by atoms with Gasteiger partial charge in [-0.3, -0.25) is 0 Å². The third-order valence-electron chi connectivity index (χ3n) is 2.99. The predicted molar refractivity (Wildman–Crippen MR) is 76.1 cm³/mol. The molecule has 3 nitrogen and oxygen atoms in total. The van der Waals surface area contributed by atoms with Gasteiger partial charge in [-0.2, -0.15) is 0 Å². The van der Waals surface area contributed by atoms with Crippen molar-refractivity contribution in [3.05, 3.63) is 28.2 Å². The highest BCUT2D eigenvalue weighted by molar-refractivity contribution is 9.10. The van der Waals surface area contributed by atoms with E-state index in [2.05, 4.69) is 15.9 Å². The van der Waals surface area contributed by atoms with Crippen LogP contribution in [0.15, 0.2) is 22.7 Å². The average Bonchev–Trinajstić information content (AvgIpc) is 2.31. The van der Waals surface area contributed by atoms with Crippen molar-refractivity contribution >= 4 is 15.9 Å². The van der Waals surface area contributed by atoms with Crippen LogP contribution in [-0.4, -0.2) is 31.0 Å². The van der Waals surface area contributed by atoms with Crippen LogP contribution < -0.4 is 4.74 Å². The van der Waals surface area contributed by atoms with E-state index in [0.29, 0.717) is 12.8 Å². The number of aliphatic hydroxyl groups is 1. The van der Waals surface area contributed by atoms with Crippen LogP contribution in [0.25, 0.3) is 0 Å². The number of hydrogen-bond acceptors (Lipinski definition) is 3. The third-order valence-corrected chi connectivity index (χ3v) is 3.76. The zero-order valence-electron chi connectivity index (χ0n) is 11.4. The molecule has 1 aromatic rings. The quantitative estimate of drug-likeness (QED) is 0.876. The Balaban J connectivity index is 2.72. The fourth-order valence-electron chi connectivity index (χ4n) is 1.81. The first-order chi connectivity index (χ1) is 8.38. The van der Waals surface area contributed by atoms with Crippen LogP contribution in [0.1, 0.15) is 25.8 Å². The van der Waals surface area contributed by atoms with Gasteiger partial charge < -0.3 is 14.6 Å². The van der Waals surface area contributed by atoms with Gasteiger partial charge in [0, 0.05) is 18.0 Å². The van der Waals surface area contributed by atoms with Crippen LogP contribution in [0.3, 0.4) is 0 Å². The van der Waals surface area contributed by atoms with Gasteiger partial charge in [-0.05, 0) is 44.0 Å². The van der Waals surface area contributed by atoms with Gasteiger partial charge in [-0.1, -0.05) is 15.9 Å². The number of ether oxygens (including phenoxy) is 2. The lowest BCUT2D eigenvalue weighted by atomic mass is 9.96. The number of methoxy groups -OCH3 is 2. The minimum absolute atomic E-state index is 0.315. The molecule has 0 aliphatic heterocycles. The van der Waals surface area contributed by atoms with E-state index < -0.39 is 6.10 Å². The number of aliphatic hydroxyl groups excluding tert-OH is 1. The van der Waals surface area contributed by atoms with Crippen molar-refractivity contribution in [2.45, 2.75) is 38.4 Å². The van der Waals surface area contributed by atoms with Gasteiger partial charge in [-0.15, -0.1) is 0 Å². The lowest BCUT2D eigenvalue weighted by Gasteiger charge is -2.26. The Morgan fingerprint density at radius 1 is 1.33 bits per heavy atom. The van der Waals surface area contributed by atoms with E-state index in [1.165, 1.54) is 0 Å². The van der Waals surface area contributed by atoms with Crippen molar-refractivity contribution in [1.82, 2.24) is 0 Å². The van der Waals surface area contributed by atoms with Gasteiger partial charge in [0.05, 0.1) is 18.8 Å². The van der Waals surface area contributed by atoms with Crippen LogP contribution in [0, 0.1) is 0 Å². The molecule has 0 fully saturated rings. The Kier molecular flexibility index (Phi) is 5.63. The van der Waals surface area contributed by atoms with Crippen LogP contribution in [0.2, 0.25) is 0 Å². The van der Waals surface area contributed by atoms with Crippen molar-refractivity contribution in [3.63, 3.8) is 0 Å². The summed E-state index contributed by atoms with van der Waals surface area (Å²) in [6, 6.07) is 5.76. The number of rotatable bonds is 6. The Bertz CT molecular complexity index is 391. The van der Waals surface area contributed by atoms with E-state index >= 15 is 0 Å². The van der Waals surface area contributed by atoms with E-state index in [9.17, 15) is 5.11 Å². The smallest absolute Gasteiger partial charge is 0.119 e. The second kappa shape index (κ2) is 6.55. The minimum Gasteiger partial charge on any atom is -0.497 e. The Labute approximate surface area is 117 Å². The maximum Gasteiger partial charge on any atom is 0.119 e. The van der Waals surface area contributed by atoms with Gasteiger partial charge in [0.1, 0.15) is 5.75 Å². The molecule has 0 saturated carbocycles. The van der Waals surface area contributed by atoms with Gasteiger partial charge >= 0.3 is 0 Å². The summed E-state index contributed by atoms with van der Waals surface area (Å²) in [6.45, 7) is 3.94. The van der Waals surface area contributed by atoms with Crippen LogP contribution in [-0.2, 0) is 11.2 Å². The van der Waals surface area contributed by atoms with E-state index in [1.54, 1.807) is 14.2 Å². The molecule has 1 aromatic carbocycles. The van der Waals surface area contributed by atoms with Gasteiger partial charge in [-0.25, -0.2) is 0 Å². The molecule has 0 radical (unpaired) electrons. The molecule has 0 heterocycles. The Hall–Kier alpha value is -0.580. The molecule has 4 heteroatoms. The first kappa shape index (κ1) is 15.5. The molecule has 1 N–H and O–H groups in total. The molecular formula is C14H21BrO3. The maximum absolute atomic E-state index is 10.1. The molecule has 0 spiro atoms. The van der Waals surface area contributed by atoms with E-state index in [-0.39, 0.29) is 5.60 Å². The summed E-state index contributed by atoms with van der Waals surface area (Å²) in [6.07, 6.45) is 0.723. The minimum atomic E-state index is -0.441. The molecule has 1 atom stereocenters. The molecule has 0 saturated heterocycles. The molecule has 18 heavy (non-hydrogen) atoms. The lowest BCUT2D eigenvalue weighted by Crippen LogP contribution is -2.29. The lowest BCUT2D eigenvalue weighted by molar-refractivity contribution is -0.0191. The highest BCUT2D eigenvalue weighted by Crippen LogP contribution is 2.25. The van der Waals surface area contributed by atoms with Crippen molar-refractivity contribution in [2.75, 3.05) is 14.2 Å². The first-order valence-corrected chi connectivity index (χ1v) is 6.73. The molecule has 0 aromatic heterocycles. The fourth-order valence-corrected chi connectivity index (χ4v) is 2.22. The zero-order valence-corrected chi connectivity index (χ0v) is 13.0. The normalized spacial score (nSPS) is 13.4. The molecular weight excluding hydrogens is 296 g/mol. The molecule has 0 aliphatic rings. The van der Waals surface area contributed by atoms with Gasteiger partial charge in [0.2, 0.25) is 0 Å². The highest BCUT2D eigenvalue weighted by Gasteiger charge is 2.22. The van der Waals surface area contributed by atoms with Gasteiger partial charge in [0.15, 0.2) is 0 Å². The third kappa shape index (κ3) is 4.59. The molecule has 1 unspecified atom stereocenters. The monoisotopic (exact) mass is 316 g/mol. The maximum atomic E-state index is 10.1. The fraction of sp³-hybridized carbons (Fsp3) is 0.571. The summed E-state index contributed by atoms with van der Waals surface area (Å²) in [5.74, 6) is 0.798. The predicted octanol–water partition coefficient (Wildman–Crippen LogP) is 3.18. The summed E-state index contributed by atoms with van der Waals surface area (Å²) in [7, 11) is 3.30. The molecule has 1 rings (SSSR count). The second-order valence-corrected chi connectivity index (χ2v) is 5.84. The number of benzene rings is 1. The van der Waals surface area contributed by atoms with Crippen LogP contribution >= 0.6 is 15.9 Å². The Morgan fingerprint density at radius 3 is 2.56 bits per heavy atom. The zero-order chi connectivity index (χ0) is 13.8. The number of halogens is 1. The van der Waals surface area contributed by atoms with E-state index in [4.69, 9.17) is 9.47 Å². The topological polar surface area (TPSA) is 38.7 Å². The van der Waals surface area contributed by atoms with E-state index in [1.807, 2.05) is 32.0 Å². The van der Waals surface area contributed by atoms with Gasteiger partial charge in [0.25, 0.3) is 0 Å². The van der Waals surface area contributed by atoms with Crippen LogP contribution in [0.5, 0.6) is 5.75 Å². The summed E-state index contributed by atoms with van der Waals surface area (Å²) in [4.78, 5) is 0. The second-order valence-electron chi connectivity index (χ2n) is 4.98. The molecule has 0 aliphatic carbocycles. The molecule has 0 amide bonds. The van der Waals surface area contributed by atoms with Crippen LogP contribution in [0.4, 0.5) is 0 Å². The standard InChI is InChI=1S/C14H21BrO3/c1-14(2,18-4)9-11(16)7-10-8-12(17-3)5-6-13(10)15/h5-6,8,11,16H,7,9H2,1-4H3. The van der Waals surface area contributed by atoms with Crippen molar-refractivity contribution in [2.24, 2.45) is 0 Å². The molecule has 102 valence electrons. The van der Waals surface area contributed by atoms with Crippen molar-refractivity contribution in [1.29, 1.82) is 0 Å². The largest absolute Gasteiger partial charge is 0.497 e. The summed E-state index contributed by atoms with van der Waals surface area (Å²) in [5, 5.41) is 10.1. The summed E-state index contributed by atoms with van der Waals surface area (Å²) >= 11 is 3.49. The first-order valence-electron chi connectivity index (χ1n) is 5.93. The summed E-state index contributed by atoms with van der Waals surface area (Å²) in [5.41, 5.74) is 0.721.